The number of hydrogen-bond donors (Lipinski definition) is 1. The summed E-state index contributed by atoms with van der Waals surface area (Å²) in [6.07, 6.45) is 1.10. The molecule has 0 amide bonds. The third-order valence-corrected chi connectivity index (χ3v) is 3.32. The van der Waals surface area contributed by atoms with Crippen molar-refractivity contribution < 1.29 is 22.7 Å². The van der Waals surface area contributed by atoms with Crippen LogP contribution in [0.15, 0.2) is 18.2 Å². The van der Waals surface area contributed by atoms with Crippen LogP contribution in [0, 0.1) is 5.82 Å². The van der Waals surface area contributed by atoms with Gasteiger partial charge in [0.15, 0.2) is 0 Å². The van der Waals surface area contributed by atoms with E-state index >= 15 is 0 Å². The molecule has 0 saturated heterocycles. The van der Waals surface area contributed by atoms with Gasteiger partial charge < -0.3 is 10.0 Å². The van der Waals surface area contributed by atoms with Crippen LogP contribution in [-0.2, 0) is 9.84 Å². The van der Waals surface area contributed by atoms with Crippen molar-refractivity contribution in [3.05, 3.63) is 29.6 Å². The molecular weight excluding hydrogens is 261 g/mol. The number of sulfone groups is 1. The molecule has 0 aromatic heterocycles. The van der Waals surface area contributed by atoms with Gasteiger partial charge in [-0.05, 0) is 18.2 Å². The smallest absolute Gasteiger partial charge is 0.337 e. The maximum Gasteiger partial charge on any atom is 0.337 e. The molecule has 0 atom stereocenters. The lowest BCUT2D eigenvalue weighted by Gasteiger charge is -2.20. The molecule has 1 N–H and O–H groups in total. The predicted molar refractivity (Wildman–Crippen MR) is 66.3 cm³/mol. The molecule has 0 fully saturated rings. The van der Waals surface area contributed by atoms with Crippen molar-refractivity contribution in [2.45, 2.75) is 0 Å². The number of rotatable bonds is 5. The van der Waals surface area contributed by atoms with Crippen LogP contribution in [-0.4, -0.2) is 45.1 Å². The minimum Gasteiger partial charge on any atom is -0.478 e. The molecule has 1 rings (SSSR count). The Morgan fingerprint density at radius 3 is 2.56 bits per heavy atom. The number of carboxylic acids is 1. The second kappa shape index (κ2) is 5.34. The van der Waals surface area contributed by atoms with Crippen LogP contribution in [0.5, 0.6) is 0 Å². The number of hydrogen-bond acceptors (Lipinski definition) is 4. The molecule has 0 spiro atoms. The van der Waals surface area contributed by atoms with E-state index in [4.69, 9.17) is 5.11 Å². The summed E-state index contributed by atoms with van der Waals surface area (Å²) < 4.78 is 35.0. The minimum atomic E-state index is -3.13. The van der Waals surface area contributed by atoms with Crippen LogP contribution in [0.1, 0.15) is 10.4 Å². The molecule has 0 aliphatic heterocycles. The topological polar surface area (TPSA) is 74.7 Å². The van der Waals surface area contributed by atoms with Gasteiger partial charge in [-0.2, -0.15) is 0 Å². The first-order valence-corrected chi connectivity index (χ1v) is 7.18. The summed E-state index contributed by atoms with van der Waals surface area (Å²) in [4.78, 5) is 12.4. The number of carboxylic acid groups (broad SMARTS) is 1. The summed E-state index contributed by atoms with van der Waals surface area (Å²) in [5, 5.41) is 8.96. The van der Waals surface area contributed by atoms with Crippen molar-refractivity contribution in [1.29, 1.82) is 0 Å². The van der Waals surface area contributed by atoms with E-state index in [1.54, 1.807) is 7.05 Å². The maximum absolute atomic E-state index is 13.0. The standard InChI is InChI=1S/C11H14FNO4S/c1-13(5-6-18(2,16)17)10-4-3-8(12)7-9(10)11(14)15/h3-4,7H,5-6H2,1-2H3,(H,14,15). The number of benzene rings is 1. The van der Waals surface area contributed by atoms with E-state index in [9.17, 15) is 17.6 Å². The molecule has 1 aromatic carbocycles. The molecule has 5 nitrogen and oxygen atoms in total. The van der Waals surface area contributed by atoms with E-state index in [0.717, 1.165) is 18.4 Å². The van der Waals surface area contributed by atoms with Gasteiger partial charge in [0.05, 0.1) is 17.0 Å². The van der Waals surface area contributed by atoms with E-state index < -0.39 is 21.6 Å². The van der Waals surface area contributed by atoms with E-state index in [1.165, 1.54) is 11.0 Å². The van der Waals surface area contributed by atoms with Crippen molar-refractivity contribution in [3.63, 3.8) is 0 Å². The SMILES string of the molecule is CN(CCS(C)(=O)=O)c1ccc(F)cc1C(=O)O. The molecule has 0 radical (unpaired) electrons. The zero-order chi connectivity index (χ0) is 13.9. The maximum atomic E-state index is 13.0. The number of aromatic carboxylic acids is 1. The summed E-state index contributed by atoms with van der Waals surface area (Å²) in [5.41, 5.74) is 0.0959. The van der Waals surface area contributed by atoms with Gasteiger partial charge in [0.25, 0.3) is 0 Å². The first-order valence-electron chi connectivity index (χ1n) is 5.12. The Kier molecular flexibility index (Phi) is 4.28. The number of anilines is 1. The summed E-state index contributed by atoms with van der Waals surface area (Å²) in [6.45, 7) is 0.144. The van der Waals surface area contributed by atoms with Crippen molar-refractivity contribution in [2.75, 3.05) is 30.5 Å². The fourth-order valence-electron chi connectivity index (χ4n) is 1.44. The number of nitrogens with zero attached hydrogens (tertiary/aromatic N) is 1. The lowest BCUT2D eigenvalue weighted by Crippen LogP contribution is -2.26. The molecule has 0 bridgehead atoms. The third-order valence-electron chi connectivity index (χ3n) is 2.40. The largest absolute Gasteiger partial charge is 0.478 e. The van der Waals surface area contributed by atoms with Gasteiger partial charge >= 0.3 is 5.97 Å². The Morgan fingerprint density at radius 2 is 2.06 bits per heavy atom. The first-order chi connectivity index (χ1) is 8.20. The quantitative estimate of drug-likeness (QED) is 0.868. The van der Waals surface area contributed by atoms with E-state index in [0.29, 0.717) is 0 Å². The highest BCUT2D eigenvalue weighted by molar-refractivity contribution is 7.90. The second-order valence-corrected chi connectivity index (χ2v) is 6.28. The lowest BCUT2D eigenvalue weighted by molar-refractivity contribution is 0.0697. The Balaban J connectivity index is 2.98. The van der Waals surface area contributed by atoms with Crippen LogP contribution in [0.25, 0.3) is 0 Å². The highest BCUT2D eigenvalue weighted by Gasteiger charge is 2.15. The molecule has 0 aliphatic rings. The molecule has 0 heterocycles. The van der Waals surface area contributed by atoms with Crippen LogP contribution in [0.2, 0.25) is 0 Å². The van der Waals surface area contributed by atoms with E-state index in [1.807, 2.05) is 0 Å². The Hall–Kier alpha value is -1.63. The number of halogens is 1. The van der Waals surface area contributed by atoms with Gasteiger partial charge in [-0.3, -0.25) is 0 Å². The van der Waals surface area contributed by atoms with Gasteiger partial charge in [-0.15, -0.1) is 0 Å². The fourth-order valence-corrected chi connectivity index (χ4v) is 2.04. The van der Waals surface area contributed by atoms with Crippen molar-refractivity contribution in [3.8, 4) is 0 Å². The minimum absolute atomic E-state index is 0.0973. The highest BCUT2D eigenvalue weighted by Crippen LogP contribution is 2.20. The Morgan fingerprint density at radius 1 is 1.44 bits per heavy atom. The van der Waals surface area contributed by atoms with Crippen molar-refractivity contribution >= 4 is 21.5 Å². The summed E-state index contributed by atoms with van der Waals surface area (Å²) in [5.74, 6) is -2.00. The summed E-state index contributed by atoms with van der Waals surface area (Å²) >= 11 is 0. The molecule has 100 valence electrons. The van der Waals surface area contributed by atoms with Crippen LogP contribution in [0.4, 0.5) is 10.1 Å². The van der Waals surface area contributed by atoms with Crippen LogP contribution < -0.4 is 4.90 Å². The number of carbonyl (C=O) groups is 1. The normalized spacial score (nSPS) is 11.3. The monoisotopic (exact) mass is 275 g/mol. The molecular formula is C11H14FNO4S. The van der Waals surface area contributed by atoms with E-state index in [2.05, 4.69) is 0 Å². The van der Waals surface area contributed by atoms with Gasteiger partial charge in [0.1, 0.15) is 15.7 Å². The average molecular weight is 275 g/mol. The van der Waals surface area contributed by atoms with E-state index in [-0.39, 0.29) is 23.5 Å². The second-order valence-electron chi connectivity index (χ2n) is 4.02. The van der Waals surface area contributed by atoms with Crippen LogP contribution in [0.3, 0.4) is 0 Å². The van der Waals surface area contributed by atoms with Crippen molar-refractivity contribution in [2.24, 2.45) is 0 Å². The van der Waals surface area contributed by atoms with Crippen molar-refractivity contribution in [1.82, 2.24) is 0 Å². The first kappa shape index (κ1) is 14.4. The predicted octanol–water partition coefficient (Wildman–Crippen LogP) is 1.00. The zero-order valence-electron chi connectivity index (χ0n) is 10.1. The van der Waals surface area contributed by atoms with Gasteiger partial charge in [0, 0.05) is 19.8 Å². The van der Waals surface area contributed by atoms with Gasteiger partial charge in [0.2, 0.25) is 0 Å². The summed E-state index contributed by atoms with van der Waals surface area (Å²) in [6, 6.07) is 3.37. The molecule has 0 saturated carbocycles. The highest BCUT2D eigenvalue weighted by atomic mass is 32.2. The average Bonchev–Trinajstić information content (AvgIpc) is 2.24. The molecule has 7 heteroatoms. The molecule has 0 aliphatic carbocycles. The fraction of sp³-hybridized carbons (Fsp3) is 0.364. The molecule has 0 unspecified atom stereocenters. The zero-order valence-corrected chi connectivity index (χ0v) is 10.9. The third kappa shape index (κ3) is 3.99. The summed E-state index contributed by atoms with van der Waals surface area (Å²) in [7, 11) is -1.57. The van der Waals surface area contributed by atoms with Gasteiger partial charge in [-0.25, -0.2) is 17.6 Å². The molecule has 1 aromatic rings. The Bertz CT molecular complexity index is 556. The molecule has 18 heavy (non-hydrogen) atoms. The lowest BCUT2D eigenvalue weighted by atomic mass is 10.1. The Labute approximate surface area is 105 Å². The van der Waals surface area contributed by atoms with Crippen LogP contribution >= 0.6 is 0 Å². The van der Waals surface area contributed by atoms with Gasteiger partial charge in [-0.1, -0.05) is 0 Å².